The van der Waals surface area contributed by atoms with Gasteiger partial charge in [-0.3, -0.25) is 4.79 Å². The number of carbonyl (C=O) groups is 1. The van der Waals surface area contributed by atoms with Crippen molar-refractivity contribution in [3.63, 3.8) is 0 Å². The zero-order valence-electron chi connectivity index (χ0n) is 11.8. The number of nitrogens with two attached hydrogens (primary N) is 1. The van der Waals surface area contributed by atoms with Gasteiger partial charge in [-0.25, -0.2) is 0 Å². The molecule has 5 heteroatoms. The summed E-state index contributed by atoms with van der Waals surface area (Å²) in [4.78, 5) is 13.0. The summed E-state index contributed by atoms with van der Waals surface area (Å²) in [6.07, 6.45) is 3.22. The smallest absolute Gasteiger partial charge is 0.241 e. The molecule has 0 fully saturated rings. The third kappa shape index (κ3) is 5.77. The molecule has 0 heterocycles. The van der Waals surface area contributed by atoms with Crippen molar-refractivity contribution in [1.82, 2.24) is 0 Å². The van der Waals surface area contributed by atoms with E-state index < -0.39 is 6.04 Å². The molecule has 1 rings (SSSR count). The van der Waals surface area contributed by atoms with E-state index in [0.29, 0.717) is 13.0 Å². The number of nitrogens with one attached hydrogen (secondary N) is 1. The number of benzene rings is 1. The molecule has 0 radical (unpaired) electrons. The summed E-state index contributed by atoms with van der Waals surface area (Å²) in [5.74, 6) is 0.639. The number of rotatable bonds is 9. The molecule has 1 amide bonds. The molecule has 3 N–H and O–H groups in total. The predicted octanol–water partition coefficient (Wildman–Crippen LogP) is 2.66. The van der Waals surface area contributed by atoms with Crippen molar-refractivity contribution in [2.45, 2.75) is 23.8 Å². The molecule has 1 atom stereocenters. The van der Waals surface area contributed by atoms with Crippen molar-refractivity contribution in [2.75, 3.05) is 24.8 Å². The topological polar surface area (TPSA) is 64.4 Å². The average molecular weight is 294 g/mol. The van der Waals surface area contributed by atoms with Gasteiger partial charge in [0, 0.05) is 24.4 Å². The van der Waals surface area contributed by atoms with Crippen LogP contribution in [0.5, 0.6) is 0 Å². The van der Waals surface area contributed by atoms with Crippen molar-refractivity contribution < 1.29 is 9.53 Å². The van der Waals surface area contributed by atoms with Crippen molar-refractivity contribution in [2.24, 2.45) is 5.73 Å². The molecule has 4 nitrogen and oxygen atoms in total. The lowest BCUT2D eigenvalue weighted by atomic mass is 10.1. The monoisotopic (exact) mass is 294 g/mol. The molecule has 0 aliphatic heterocycles. The highest BCUT2D eigenvalue weighted by Gasteiger charge is 2.14. The fourth-order valence-corrected chi connectivity index (χ4v) is 2.40. The van der Waals surface area contributed by atoms with E-state index >= 15 is 0 Å². The Balaban J connectivity index is 2.58. The molecule has 1 aromatic rings. The molecule has 0 saturated heterocycles. The van der Waals surface area contributed by atoms with Crippen LogP contribution in [0.25, 0.3) is 0 Å². The second kappa shape index (κ2) is 9.58. The Labute approximate surface area is 124 Å². The molecule has 1 unspecified atom stereocenters. The van der Waals surface area contributed by atoms with Crippen molar-refractivity contribution in [1.29, 1.82) is 0 Å². The number of amides is 1. The Bertz CT molecular complexity index is 438. The number of para-hydroxylation sites is 1. The molecule has 0 aromatic heterocycles. The normalized spacial score (nSPS) is 11.9. The van der Waals surface area contributed by atoms with E-state index in [1.165, 1.54) is 0 Å². The van der Waals surface area contributed by atoms with Gasteiger partial charge in [0.2, 0.25) is 5.91 Å². The summed E-state index contributed by atoms with van der Waals surface area (Å²) in [6.45, 7) is 4.31. The van der Waals surface area contributed by atoms with Crippen LogP contribution in [0.2, 0.25) is 0 Å². The molecule has 110 valence electrons. The third-order valence-corrected chi connectivity index (χ3v) is 3.77. The Kier molecular flexibility index (Phi) is 8.02. The van der Waals surface area contributed by atoms with Crippen LogP contribution < -0.4 is 11.1 Å². The van der Waals surface area contributed by atoms with Gasteiger partial charge in [-0.05, 0) is 25.0 Å². The maximum Gasteiger partial charge on any atom is 0.241 e. The summed E-state index contributed by atoms with van der Waals surface area (Å²) in [5, 5.41) is 2.89. The second-order valence-corrected chi connectivity index (χ2v) is 5.39. The quantitative estimate of drug-likeness (QED) is 0.417. The van der Waals surface area contributed by atoms with Crippen LogP contribution in [0.1, 0.15) is 12.8 Å². The maximum absolute atomic E-state index is 12.0. The largest absolute Gasteiger partial charge is 0.385 e. The number of ether oxygens (including phenoxy) is 1. The van der Waals surface area contributed by atoms with Crippen LogP contribution in [0.3, 0.4) is 0 Å². The van der Waals surface area contributed by atoms with E-state index in [1.807, 2.05) is 30.3 Å². The summed E-state index contributed by atoms with van der Waals surface area (Å²) >= 11 is 1.63. The van der Waals surface area contributed by atoms with E-state index in [2.05, 4.69) is 11.9 Å². The van der Waals surface area contributed by atoms with Crippen LogP contribution in [0.15, 0.2) is 41.8 Å². The highest BCUT2D eigenvalue weighted by Crippen LogP contribution is 2.27. The fraction of sp³-hybridized carbons (Fsp3) is 0.400. The molecule has 0 aliphatic rings. The van der Waals surface area contributed by atoms with Gasteiger partial charge in [-0.15, -0.1) is 18.3 Å². The van der Waals surface area contributed by atoms with Gasteiger partial charge < -0.3 is 15.8 Å². The molecule has 0 spiro atoms. The number of carbonyl (C=O) groups excluding carboxylic acids is 1. The Morgan fingerprint density at radius 1 is 1.55 bits per heavy atom. The first kappa shape index (κ1) is 16.8. The molecule has 0 aliphatic carbocycles. The Morgan fingerprint density at radius 2 is 2.30 bits per heavy atom. The van der Waals surface area contributed by atoms with Crippen molar-refractivity contribution in [3.05, 3.63) is 36.9 Å². The van der Waals surface area contributed by atoms with E-state index in [1.54, 1.807) is 18.9 Å². The number of methoxy groups -OCH3 is 1. The zero-order chi connectivity index (χ0) is 14.8. The number of thioether (sulfide) groups is 1. The summed E-state index contributed by atoms with van der Waals surface area (Å²) in [6, 6.07) is 7.18. The lowest BCUT2D eigenvalue weighted by molar-refractivity contribution is -0.117. The SMILES string of the molecule is C=CCSc1ccccc1NC(=O)C(N)CCCOC. The fourth-order valence-electron chi connectivity index (χ4n) is 1.65. The lowest BCUT2D eigenvalue weighted by Crippen LogP contribution is -2.35. The molecule has 20 heavy (non-hydrogen) atoms. The minimum absolute atomic E-state index is 0.159. The summed E-state index contributed by atoms with van der Waals surface area (Å²) < 4.78 is 4.95. The maximum atomic E-state index is 12.0. The van der Waals surface area contributed by atoms with Crippen LogP contribution in [0, 0.1) is 0 Å². The molecular weight excluding hydrogens is 272 g/mol. The number of hydrogen-bond acceptors (Lipinski definition) is 4. The second-order valence-electron chi connectivity index (χ2n) is 4.33. The molecule has 0 saturated carbocycles. The average Bonchev–Trinajstić information content (AvgIpc) is 2.46. The highest BCUT2D eigenvalue weighted by atomic mass is 32.2. The number of hydrogen-bond donors (Lipinski definition) is 2. The van der Waals surface area contributed by atoms with Gasteiger partial charge >= 0.3 is 0 Å². The molecule has 1 aromatic carbocycles. The van der Waals surface area contributed by atoms with Gasteiger partial charge in [0.25, 0.3) is 0 Å². The van der Waals surface area contributed by atoms with E-state index in [0.717, 1.165) is 22.8 Å². The Morgan fingerprint density at radius 3 is 3.00 bits per heavy atom. The van der Waals surface area contributed by atoms with Crippen molar-refractivity contribution in [3.8, 4) is 0 Å². The summed E-state index contributed by atoms with van der Waals surface area (Å²) in [5.41, 5.74) is 6.66. The first-order chi connectivity index (χ1) is 9.69. The molecule has 0 bridgehead atoms. The van der Waals surface area contributed by atoms with Crippen LogP contribution in [-0.2, 0) is 9.53 Å². The van der Waals surface area contributed by atoms with Crippen LogP contribution in [-0.4, -0.2) is 31.4 Å². The molecular formula is C15H22N2O2S. The van der Waals surface area contributed by atoms with E-state index in [4.69, 9.17) is 10.5 Å². The minimum atomic E-state index is -0.511. The van der Waals surface area contributed by atoms with Crippen molar-refractivity contribution >= 4 is 23.4 Å². The first-order valence-electron chi connectivity index (χ1n) is 6.57. The predicted molar refractivity (Wildman–Crippen MR) is 85.1 cm³/mol. The third-order valence-electron chi connectivity index (χ3n) is 2.70. The van der Waals surface area contributed by atoms with Gasteiger partial charge in [0.1, 0.15) is 0 Å². The summed E-state index contributed by atoms with van der Waals surface area (Å²) in [7, 11) is 1.64. The van der Waals surface area contributed by atoms with Gasteiger partial charge in [0.05, 0.1) is 11.7 Å². The van der Waals surface area contributed by atoms with E-state index in [-0.39, 0.29) is 5.91 Å². The standard InChI is InChI=1S/C15H22N2O2S/c1-3-11-20-14-9-5-4-8-13(14)17-15(18)12(16)7-6-10-19-2/h3-5,8-9,12H,1,6-7,10-11,16H2,2H3,(H,17,18). The first-order valence-corrected chi connectivity index (χ1v) is 7.55. The highest BCUT2D eigenvalue weighted by molar-refractivity contribution is 7.99. The van der Waals surface area contributed by atoms with Gasteiger partial charge in [-0.1, -0.05) is 18.2 Å². The van der Waals surface area contributed by atoms with Gasteiger partial charge in [0.15, 0.2) is 0 Å². The Hall–Kier alpha value is -1.30. The van der Waals surface area contributed by atoms with Gasteiger partial charge in [-0.2, -0.15) is 0 Å². The van der Waals surface area contributed by atoms with Crippen LogP contribution >= 0.6 is 11.8 Å². The van der Waals surface area contributed by atoms with Crippen LogP contribution in [0.4, 0.5) is 5.69 Å². The minimum Gasteiger partial charge on any atom is -0.385 e. The van der Waals surface area contributed by atoms with E-state index in [9.17, 15) is 4.79 Å². The lowest BCUT2D eigenvalue weighted by Gasteiger charge is -2.14. The zero-order valence-corrected chi connectivity index (χ0v) is 12.6. The number of anilines is 1.